The maximum atomic E-state index is 10.9. The van der Waals surface area contributed by atoms with E-state index < -0.39 is 5.91 Å². The Bertz CT molecular complexity index is 357. The molecule has 1 atom stereocenters. The van der Waals surface area contributed by atoms with Crippen LogP contribution in [0.1, 0.15) is 10.5 Å². The van der Waals surface area contributed by atoms with E-state index in [2.05, 4.69) is 10.3 Å². The number of nitrogens with zero attached hydrogens (tertiary/aromatic N) is 1. The monoisotopic (exact) mass is 225 g/mol. The molecule has 0 aliphatic rings. The summed E-state index contributed by atoms with van der Waals surface area (Å²) in [5, 5.41) is 12.0. The predicted molar refractivity (Wildman–Crippen MR) is 59.1 cm³/mol. The summed E-state index contributed by atoms with van der Waals surface area (Å²) < 4.78 is 4.92. The fourth-order valence-electron chi connectivity index (χ4n) is 1.23. The Morgan fingerprint density at radius 1 is 1.75 bits per heavy atom. The second-order valence-corrected chi connectivity index (χ2v) is 3.27. The molecule has 0 saturated heterocycles. The number of anilines is 1. The molecular formula is C10H15N3O3. The highest BCUT2D eigenvalue weighted by molar-refractivity contribution is 5.91. The number of ether oxygens (including phenoxy) is 1. The molecule has 0 aliphatic carbocycles. The minimum Gasteiger partial charge on any atom is -0.394 e. The fraction of sp³-hybridized carbons (Fsp3) is 0.400. The van der Waals surface area contributed by atoms with Crippen molar-refractivity contribution in [2.75, 3.05) is 25.6 Å². The van der Waals surface area contributed by atoms with Crippen LogP contribution in [0.5, 0.6) is 0 Å². The molecule has 0 fully saturated rings. The standard InChI is InChI=1S/C10H15N3O3/c1-16-6-8(5-14)13-7-2-3-12-9(4-7)10(11)15/h2-4,8,14H,5-6H2,1H3,(H2,11,15)(H,12,13). The van der Waals surface area contributed by atoms with Crippen LogP contribution in [0.25, 0.3) is 0 Å². The molecule has 1 aromatic rings. The van der Waals surface area contributed by atoms with Gasteiger partial charge in [0.25, 0.3) is 5.91 Å². The first-order valence-corrected chi connectivity index (χ1v) is 4.79. The quantitative estimate of drug-likeness (QED) is 0.612. The van der Waals surface area contributed by atoms with Crippen molar-refractivity contribution in [2.24, 2.45) is 5.73 Å². The number of aromatic nitrogens is 1. The lowest BCUT2D eigenvalue weighted by atomic mass is 10.2. The molecular weight excluding hydrogens is 210 g/mol. The number of hydrogen-bond acceptors (Lipinski definition) is 5. The van der Waals surface area contributed by atoms with Crippen LogP contribution in [0.4, 0.5) is 5.69 Å². The summed E-state index contributed by atoms with van der Waals surface area (Å²) in [6.07, 6.45) is 1.48. The SMILES string of the molecule is COCC(CO)Nc1ccnc(C(N)=O)c1. The largest absolute Gasteiger partial charge is 0.394 e. The molecule has 0 bridgehead atoms. The van der Waals surface area contributed by atoms with Crippen molar-refractivity contribution >= 4 is 11.6 Å². The first-order chi connectivity index (χ1) is 7.67. The topological polar surface area (TPSA) is 97.5 Å². The van der Waals surface area contributed by atoms with Gasteiger partial charge in [0, 0.05) is 19.0 Å². The molecule has 1 unspecified atom stereocenters. The summed E-state index contributed by atoms with van der Waals surface area (Å²) in [5.74, 6) is -0.587. The lowest BCUT2D eigenvalue weighted by molar-refractivity contribution is 0.0995. The average molecular weight is 225 g/mol. The van der Waals surface area contributed by atoms with Crippen LogP contribution in [0.3, 0.4) is 0 Å². The van der Waals surface area contributed by atoms with E-state index >= 15 is 0 Å². The maximum absolute atomic E-state index is 10.9. The zero-order valence-electron chi connectivity index (χ0n) is 9.01. The smallest absolute Gasteiger partial charge is 0.267 e. The number of pyridine rings is 1. The Labute approximate surface area is 93.4 Å². The Morgan fingerprint density at radius 3 is 3.06 bits per heavy atom. The average Bonchev–Trinajstić information content (AvgIpc) is 2.29. The highest BCUT2D eigenvalue weighted by Crippen LogP contribution is 2.09. The molecule has 88 valence electrons. The van der Waals surface area contributed by atoms with Gasteiger partial charge in [0.1, 0.15) is 5.69 Å². The second kappa shape index (κ2) is 6.04. The molecule has 1 amide bonds. The molecule has 1 aromatic heterocycles. The number of nitrogens with one attached hydrogen (secondary N) is 1. The van der Waals surface area contributed by atoms with Crippen molar-refractivity contribution in [3.63, 3.8) is 0 Å². The van der Waals surface area contributed by atoms with Crippen LogP contribution in [0.2, 0.25) is 0 Å². The lowest BCUT2D eigenvalue weighted by Crippen LogP contribution is -2.29. The van der Waals surface area contributed by atoms with Crippen molar-refractivity contribution in [1.82, 2.24) is 4.98 Å². The van der Waals surface area contributed by atoms with Crippen LogP contribution in [0, 0.1) is 0 Å². The molecule has 1 rings (SSSR count). The Hall–Kier alpha value is -1.66. The van der Waals surface area contributed by atoms with E-state index in [1.807, 2.05) is 0 Å². The fourth-order valence-corrected chi connectivity index (χ4v) is 1.23. The van der Waals surface area contributed by atoms with Gasteiger partial charge in [0.15, 0.2) is 0 Å². The summed E-state index contributed by atoms with van der Waals surface area (Å²) in [6.45, 7) is 0.298. The molecule has 4 N–H and O–H groups in total. The normalized spacial score (nSPS) is 12.1. The number of rotatable bonds is 6. The third-order valence-electron chi connectivity index (χ3n) is 1.97. The van der Waals surface area contributed by atoms with Crippen LogP contribution in [0.15, 0.2) is 18.3 Å². The first kappa shape index (κ1) is 12.4. The number of aliphatic hydroxyl groups excluding tert-OH is 1. The number of methoxy groups -OCH3 is 1. The minimum absolute atomic E-state index is 0.0674. The van der Waals surface area contributed by atoms with Crippen molar-refractivity contribution in [2.45, 2.75) is 6.04 Å². The number of hydrogen-bond donors (Lipinski definition) is 3. The first-order valence-electron chi connectivity index (χ1n) is 4.79. The van der Waals surface area contributed by atoms with Gasteiger partial charge < -0.3 is 20.9 Å². The van der Waals surface area contributed by atoms with Crippen LogP contribution >= 0.6 is 0 Å². The number of carbonyl (C=O) groups excluding carboxylic acids is 1. The van der Waals surface area contributed by atoms with Gasteiger partial charge in [-0.25, -0.2) is 0 Å². The molecule has 0 spiro atoms. The van der Waals surface area contributed by atoms with Gasteiger partial charge in [-0.1, -0.05) is 0 Å². The van der Waals surface area contributed by atoms with Crippen LogP contribution < -0.4 is 11.1 Å². The highest BCUT2D eigenvalue weighted by atomic mass is 16.5. The van der Waals surface area contributed by atoms with Crippen molar-refractivity contribution in [3.8, 4) is 0 Å². The molecule has 0 aliphatic heterocycles. The summed E-state index contributed by atoms with van der Waals surface area (Å²) in [7, 11) is 1.55. The Kier molecular flexibility index (Phi) is 4.68. The third-order valence-corrected chi connectivity index (χ3v) is 1.97. The molecule has 16 heavy (non-hydrogen) atoms. The van der Waals surface area contributed by atoms with Crippen LogP contribution in [-0.2, 0) is 4.74 Å². The molecule has 6 nitrogen and oxygen atoms in total. The van der Waals surface area contributed by atoms with Crippen molar-refractivity contribution < 1.29 is 14.6 Å². The number of carbonyl (C=O) groups is 1. The van der Waals surface area contributed by atoms with Gasteiger partial charge in [-0.2, -0.15) is 0 Å². The Balaban J connectivity index is 2.72. The predicted octanol–water partition coefficient (Wildman–Crippen LogP) is -0.400. The minimum atomic E-state index is -0.587. The number of aliphatic hydroxyl groups is 1. The maximum Gasteiger partial charge on any atom is 0.267 e. The molecule has 6 heteroatoms. The Morgan fingerprint density at radius 2 is 2.50 bits per heavy atom. The molecule has 1 heterocycles. The van der Waals surface area contributed by atoms with Gasteiger partial charge in [0.2, 0.25) is 0 Å². The molecule has 0 radical (unpaired) electrons. The van der Waals surface area contributed by atoms with Gasteiger partial charge >= 0.3 is 0 Å². The summed E-state index contributed by atoms with van der Waals surface area (Å²) >= 11 is 0. The summed E-state index contributed by atoms with van der Waals surface area (Å²) in [5.41, 5.74) is 5.95. The summed E-state index contributed by atoms with van der Waals surface area (Å²) in [4.78, 5) is 14.7. The number of nitrogens with two attached hydrogens (primary N) is 1. The van der Waals surface area contributed by atoms with E-state index in [1.54, 1.807) is 13.2 Å². The van der Waals surface area contributed by atoms with Crippen molar-refractivity contribution in [3.05, 3.63) is 24.0 Å². The zero-order chi connectivity index (χ0) is 12.0. The van der Waals surface area contributed by atoms with E-state index in [-0.39, 0.29) is 18.3 Å². The zero-order valence-corrected chi connectivity index (χ0v) is 9.01. The van der Waals surface area contributed by atoms with Gasteiger partial charge in [0.05, 0.1) is 19.3 Å². The van der Waals surface area contributed by atoms with E-state index in [0.29, 0.717) is 12.3 Å². The van der Waals surface area contributed by atoms with E-state index in [0.717, 1.165) is 0 Å². The van der Waals surface area contributed by atoms with Crippen molar-refractivity contribution in [1.29, 1.82) is 0 Å². The van der Waals surface area contributed by atoms with E-state index in [9.17, 15) is 4.79 Å². The van der Waals surface area contributed by atoms with Gasteiger partial charge in [-0.05, 0) is 12.1 Å². The molecule has 0 saturated carbocycles. The number of amides is 1. The second-order valence-electron chi connectivity index (χ2n) is 3.27. The highest BCUT2D eigenvalue weighted by Gasteiger charge is 2.08. The third kappa shape index (κ3) is 3.48. The van der Waals surface area contributed by atoms with Gasteiger partial charge in [-0.15, -0.1) is 0 Å². The van der Waals surface area contributed by atoms with Crippen LogP contribution in [-0.4, -0.2) is 42.4 Å². The molecule has 0 aromatic carbocycles. The van der Waals surface area contributed by atoms with Gasteiger partial charge in [-0.3, -0.25) is 9.78 Å². The summed E-state index contributed by atoms with van der Waals surface area (Å²) in [6, 6.07) is 2.99. The van der Waals surface area contributed by atoms with E-state index in [1.165, 1.54) is 12.3 Å². The number of primary amides is 1. The van der Waals surface area contributed by atoms with E-state index in [4.69, 9.17) is 15.6 Å². The lowest BCUT2D eigenvalue weighted by Gasteiger charge is -2.16.